The minimum atomic E-state index is -2.76. The third-order valence-corrected chi connectivity index (χ3v) is 4.04. The molecule has 1 atom stereocenters. The number of alkyl halides is 2. The van der Waals surface area contributed by atoms with E-state index in [4.69, 9.17) is 0 Å². The predicted octanol–water partition coefficient (Wildman–Crippen LogP) is 3.49. The van der Waals surface area contributed by atoms with Gasteiger partial charge in [0, 0.05) is 32.2 Å². The molecule has 0 amide bonds. The van der Waals surface area contributed by atoms with Crippen molar-refractivity contribution in [3.05, 3.63) is 29.8 Å². The van der Waals surface area contributed by atoms with E-state index < -0.39 is 6.61 Å². The molecule has 1 saturated heterocycles. The molecule has 0 spiro atoms. The lowest BCUT2D eigenvalue weighted by molar-refractivity contribution is -0.0499. The number of benzene rings is 1. The maximum Gasteiger partial charge on any atom is 0.387 e. The first-order chi connectivity index (χ1) is 9.74. The zero-order chi connectivity index (χ0) is 13.9. The summed E-state index contributed by atoms with van der Waals surface area (Å²) in [4.78, 5) is 2.47. The second kappa shape index (κ2) is 8.87. The molecule has 2 aliphatic rings. The van der Waals surface area contributed by atoms with Crippen LogP contribution in [0.4, 0.5) is 8.78 Å². The van der Waals surface area contributed by atoms with Crippen molar-refractivity contribution in [3.8, 4) is 5.75 Å². The summed E-state index contributed by atoms with van der Waals surface area (Å²) in [6, 6.07) is 7.56. The van der Waals surface area contributed by atoms with Crippen LogP contribution in [0.25, 0.3) is 0 Å². The summed E-state index contributed by atoms with van der Waals surface area (Å²) in [6.07, 6.45) is 2.46. The topological polar surface area (TPSA) is 24.5 Å². The second-order valence-electron chi connectivity index (χ2n) is 5.52. The van der Waals surface area contributed by atoms with Crippen molar-refractivity contribution in [2.24, 2.45) is 5.92 Å². The minimum absolute atomic E-state index is 0. The Morgan fingerprint density at radius 3 is 2.41 bits per heavy atom. The van der Waals surface area contributed by atoms with Crippen LogP contribution in [-0.2, 0) is 0 Å². The highest BCUT2D eigenvalue weighted by molar-refractivity contribution is 5.85. The molecule has 0 unspecified atom stereocenters. The molecule has 0 radical (unpaired) electrons. The molecule has 0 bridgehead atoms. The predicted molar refractivity (Wildman–Crippen MR) is 87.5 cm³/mol. The number of hydrogen-bond donors (Lipinski definition) is 1. The van der Waals surface area contributed by atoms with Crippen molar-refractivity contribution in [1.82, 2.24) is 10.2 Å². The zero-order valence-corrected chi connectivity index (χ0v) is 13.8. The van der Waals surface area contributed by atoms with E-state index in [1.165, 1.54) is 12.8 Å². The molecule has 1 aromatic carbocycles. The Bertz CT molecular complexity index is 455. The Labute approximate surface area is 142 Å². The van der Waals surface area contributed by atoms with Crippen molar-refractivity contribution in [3.63, 3.8) is 0 Å². The van der Waals surface area contributed by atoms with Gasteiger partial charge in [0.1, 0.15) is 5.75 Å². The lowest BCUT2D eigenvalue weighted by Gasteiger charge is -2.35. The quantitative estimate of drug-likeness (QED) is 0.875. The first-order valence-corrected chi connectivity index (χ1v) is 7.23. The molecule has 1 N–H and O–H groups in total. The highest BCUT2D eigenvalue weighted by atomic mass is 35.5. The molecule has 126 valence electrons. The molecule has 1 aliphatic carbocycles. The van der Waals surface area contributed by atoms with Gasteiger partial charge in [-0.2, -0.15) is 8.78 Å². The molecule has 1 heterocycles. The van der Waals surface area contributed by atoms with Gasteiger partial charge in [-0.05, 0) is 36.5 Å². The standard InChI is InChI=1S/C15H20F2N2O.2ClH/c16-15(17)20-13-3-1-2-12(10-13)14(11-4-5-11)19-8-6-18-7-9-19;;/h1-3,10-11,14-15,18H,4-9H2;2*1H/t14-;;/m0../s1. The average Bonchev–Trinajstić information content (AvgIpc) is 3.25. The first-order valence-electron chi connectivity index (χ1n) is 7.23. The molecule has 1 aromatic rings. The van der Waals surface area contributed by atoms with E-state index in [9.17, 15) is 8.78 Å². The van der Waals surface area contributed by atoms with Crippen molar-refractivity contribution in [1.29, 1.82) is 0 Å². The molecule has 0 aromatic heterocycles. The zero-order valence-electron chi connectivity index (χ0n) is 12.2. The van der Waals surface area contributed by atoms with Gasteiger partial charge in [0.2, 0.25) is 0 Å². The van der Waals surface area contributed by atoms with Crippen LogP contribution in [0.1, 0.15) is 24.4 Å². The van der Waals surface area contributed by atoms with Gasteiger partial charge in [0.25, 0.3) is 0 Å². The second-order valence-corrected chi connectivity index (χ2v) is 5.52. The van der Waals surface area contributed by atoms with Crippen LogP contribution in [0.2, 0.25) is 0 Å². The van der Waals surface area contributed by atoms with Crippen molar-refractivity contribution in [2.45, 2.75) is 25.5 Å². The first kappa shape index (κ1) is 19.4. The highest BCUT2D eigenvalue weighted by Gasteiger charge is 2.36. The molecule has 3 nitrogen and oxygen atoms in total. The Morgan fingerprint density at radius 1 is 1.14 bits per heavy atom. The highest BCUT2D eigenvalue weighted by Crippen LogP contribution is 2.45. The van der Waals surface area contributed by atoms with Crippen LogP contribution < -0.4 is 10.1 Å². The lowest BCUT2D eigenvalue weighted by atomic mass is 9.99. The van der Waals surface area contributed by atoms with E-state index in [2.05, 4.69) is 15.0 Å². The van der Waals surface area contributed by atoms with Gasteiger partial charge in [0.05, 0.1) is 0 Å². The Morgan fingerprint density at radius 2 is 1.82 bits per heavy atom. The maximum absolute atomic E-state index is 12.3. The van der Waals surface area contributed by atoms with Crippen molar-refractivity contribution in [2.75, 3.05) is 26.2 Å². The Kier molecular flexibility index (Phi) is 7.83. The van der Waals surface area contributed by atoms with Crippen molar-refractivity contribution < 1.29 is 13.5 Å². The largest absolute Gasteiger partial charge is 0.435 e. The molecule has 7 heteroatoms. The van der Waals surface area contributed by atoms with Gasteiger partial charge in [-0.15, -0.1) is 24.8 Å². The van der Waals surface area contributed by atoms with Crippen molar-refractivity contribution >= 4 is 24.8 Å². The normalized spacial score (nSPS) is 20.0. The third kappa shape index (κ3) is 4.95. The summed E-state index contributed by atoms with van der Waals surface area (Å²) in [5, 5.41) is 3.35. The van der Waals surface area contributed by atoms with Crippen LogP contribution in [0.5, 0.6) is 5.75 Å². The van der Waals surface area contributed by atoms with Gasteiger partial charge >= 0.3 is 6.61 Å². The number of nitrogens with zero attached hydrogens (tertiary/aromatic N) is 1. The van der Waals surface area contributed by atoms with E-state index in [-0.39, 0.29) is 30.6 Å². The summed E-state index contributed by atoms with van der Waals surface area (Å²) >= 11 is 0. The number of halogens is 4. The average molecular weight is 355 g/mol. The number of hydrogen-bond acceptors (Lipinski definition) is 3. The monoisotopic (exact) mass is 354 g/mol. The van der Waals surface area contributed by atoms with Crippen LogP contribution >= 0.6 is 24.8 Å². The molecule has 2 fully saturated rings. The number of rotatable bonds is 5. The Hall–Kier alpha value is -0.620. The van der Waals surface area contributed by atoms with Crippen LogP contribution in [0.15, 0.2) is 24.3 Å². The maximum atomic E-state index is 12.3. The fourth-order valence-electron chi connectivity index (χ4n) is 3.03. The van der Waals surface area contributed by atoms with Gasteiger partial charge in [-0.25, -0.2) is 0 Å². The van der Waals surface area contributed by atoms with E-state index in [0.29, 0.717) is 12.0 Å². The SMILES string of the molecule is Cl.Cl.FC(F)Oc1cccc([C@H](C2CC2)N2CCNCC2)c1. The number of nitrogens with one attached hydrogen (secondary N) is 1. The van der Waals surface area contributed by atoms with Gasteiger partial charge < -0.3 is 10.1 Å². The fraction of sp³-hybridized carbons (Fsp3) is 0.600. The third-order valence-electron chi connectivity index (χ3n) is 4.04. The summed E-state index contributed by atoms with van der Waals surface area (Å²) in [5.74, 6) is 0.924. The lowest BCUT2D eigenvalue weighted by Crippen LogP contribution is -2.45. The van der Waals surface area contributed by atoms with E-state index in [1.54, 1.807) is 12.1 Å². The molecule has 1 saturated carbocycles. The van der Waals surface area contributed by atoms with E-state index in [0.717, 1.165) is 31.7 Å². The van der Waals surface area contributed by atoms with Gasteiger partial charge in [0.15, 0.2) is 0 Å². The van der Waals surface area contributed by atoms with E-state index in [1.807, 2.05) is 12.1 Å². The van der Waals surface area contributed by atoms with Gasteiger partial charge in [-0.1, -0.05) is 12.1 Å². The molecule has 22 heavy (non-hydrogen) atoms. The Balaban J connectivity index is 0.00000121. The molecular formula is C15H22Cl2F2N2O. The van der Waals surface area contributed by atoms with Crippen LogP contribution in [-0.4, -0.2) is 37.7 Å². The summed E-state index contributed by atoms with van der Waals surface area (Å²) in [6.45, 7) is 1.26. The van der Waals surface area contributed by atoms with Crippen LogP contribution in [0.3, 0.4) is 0 Å². The minimum Gasteiger partial charge on any atom is -0.435 e. The van der Waals surface area contributed by atoms with E-state index >= 15 is 0 Å². The smallest absolute Gasteiger partial charge is 0.387 e. The molecule has 1 aliphatic heterocycles. The summed E-state index contributed by atoms with van der Waals surface area (Å²) in [5.41, 5.74) is 1.10. The molecule has 3 rings (SSSR count). The summed E-state index contributed by atoms with van der Waals surface area (Å²) < 4.78 is 29.2. The number of ether oxygens (including phenoxy) is 1. The molecular weight excluding hydrogens is 333 g/mol. The van der Waals surface area contributed by atoms with Crippen LogP contribution in [0, 0.1) is 5.92 Å². The van der Waals surface area contributed by atoms with Gasteiger partial charge in [-0.3, -0.25) is 4.90 Å². The fourth-order valence-corrected chi connectivity index (χ4v) is 3.03. The summed E-state index contributed by atoms with van der Waals surface area (Å²) in [7, 11) is 0. The number of piperazine rings is 1.